The van der Waals surface area contributed by atoms with Crippen LogP contribution in [0.2, 0.25) is 5.02 Å². The lowest BCUT2D eigenvalue weighted by molar-refractivity contribution is 1.17. The highest BCUT2D eigenvalue weighted by Gasteiger charge is 2.01. The summed E-state index contributed by atoms with van der Waals surface area (Å²) < 4.78 is 0. The van der Waals surface area contributed by atoms with E-state index < -0.39 is 0 Å². The molecule has 0 saturated heterocycles. The molecule has 1 aromatic heterocycles. The van der Waals surface area contributed by atoms with Gasteiger partial charge >= 0.3 is 0 Å². The van der Waals surface area contributed by atoms with E-state index in [1.54, 1.807) is 18.0 Å². The third-order valence-corrected chi connectivity index (χ3v) is 3.09. The van der Waals surface area contributed by atoms with Crippen molar-refractivity contribution in [2.75, 3.05) is 11.6 Å². The number of halogens is 1. The Kier molecular flexibility index (Phi) is 4.23. The van der Waals surface area contributed by atoms with Crippen LogP contribution in [-0.2, 0) is 5.75 Å². The van der Waals surface area contributed by atoms with E-state index >= 15 is 0 Å². The Morgan fingerprint density at radius 2 is 2.06 bits per heavy atom. The van der Waals surface area contributed by atoms with Crippen LogP contribution in [0.3, 0.4) is 0 Å². The van der Waals surface area contributed by atoms with Gasteiger partial charge in [0.25, 0.3) is 0 Å². The van der Waals surface area contributed by atoms with Crippen LogP contribution in [0.25, 0.3) is 0 Å². The molecule has 3 nitrogen and oxygen atoms in total. The lowest BCUT2D eigenvalue weighted by Gasteiger charge is -2.07. The quantitative estimate of drug-likeness (QED) is 0.914. The van der Waals surface area contributed by atoms with Gasteiger partial charge in [-0.2, -0.15) is 11.8 Å². The predicted octanol–water partition coefficient (Wildman–Crippen LogP) is 3.74. The molecule has 0 aliphatic heterocycles. The molecular weight excluding hydrogens is 254 g/mol. The van der Waals surface area contributed by atoms with Crippen LogP contribution in [0, 0.1) is 0 Å². The van der Waals surface area contributed by atoms with Crippen molar-refractivity contribution < 1.29 is 0 Å². The fourth-order valence-electron chi connectivity index (χ4n) is 1.39. The first-order chi connectivity index (χ1) is 8.29. The minimum absolute atomic E-state index is 0.515. The molecule has 0 fully saturated rings. The largest absolute Gasteiger partial charge is 0.339 e. The second kappa shape index (κ2) is 5.89. The lowest BCUT2D eigenvalue weighted by atomic mass is 10.2. The molecule has 1 heterocycles. The Labute approximate surface area is 110 Å². The molecule has 0 unspecified atom stereocenters. The van der Waals surface area contributed by atoms with Crippen LogP contribution in [0.5, 0.6) is 0 Å². The average molecular weight is 266 g/mol. The summed E-state index contributed by atoms with van der Waals surface area (Å²) >= 11 is 7.77. The van der Waals surface area contributed by atoms with Gasteiger partial charge in [0.2, 0.25) is 0 Å². The topological polar surface area (TPSA) is 37.8 Å². The van der Waals surface area contributed by atoms with Gasteiger partial charge in [-0.05, 0) is 24.0 Å². The number of nitrogens with one attached hydrogen (secondary N) is 1. The van der Waals surface area contributed by atoms with Gasteiger partial charge in [-0.3, -0.25) is 0 Å². The third kappa shape index (κ3) is 3.35. The molecule has 88 valence electrons. The first kappa shape index (κ1) is 12.2. The Balaban J connectivity index is 2.11. The van der Waals surface area contributed by atoms with E-state index in [0.717, 1.165) is 11.4 Å². The van der Waals surface area contributed by atoms with Crippen molar-refractivity contribution in [3.8, 4) is 0 Å². The van der Waals surface area contributed by atoms with Crippen molar-refractivity contribution in [3.63, 3.8) is 0 Å². The smallest absolute Gasteiger partial charge is 0.152 e. The van der Waals surface area contributed by atoms with Gasteiger partial charge in [0.1, 0.15) is 11.3 Å². The Morgan fingerprint density at radius 1 is 1.29 bits per heavy atom. The zero-order chi connectivity index (χ0) is 12.1. The number of hydrogen-bond donors (Lipinski definition) is 1. The summed E-state index contributed by atoms with van der Waals surface area (Å²) in [6.45, 7) is 0. The SMILES string of the molecule is CSCc1ccc(Nc2ncncc2Cl)cc1. The highest BCUT2D eigenvalue weighted by molar-refractivity contribution is 7.97. The summed E-state index contributed by atoms with van der Waals surface area (Å²) in [6.07, 6.45) is 5.13. The third-order valence-electron chi connectivity index (χ3n) is 2.20. The second-order valence-electron chi connectivity index (χ2n) is 3.47. The van der Waals surface area contributed by atoms with Crippen molar-refractivity contribution in [2.24, 2.45) is 0 Å². The van der Waals surface area contributed by atoms with E-state index in [-0.39, 0.29) is 0 Å². The standard InChI is InChI=1S/C12H12ClN3S/c1-17-7-9-2-4-10(5-3-9)16-12-11(13)6-14-8-15-12/h2-6,8H,7H2,1H3,(H,14,15,16). The maximum atomic E-state index is 5.96. The van der Waals surface area contributed by atoms with Gasteiger partial charge in [0.15, 0.2) is 5.82 Å². The van der Waals surface area contributed by atoms with Gasteiger partial charge in [-0.1, -0.05) is 23.7 Å². The first-order valence-corrected chi connectivity index (χ1v) is 6.87. The van der Waals surface area contributed by atoms with Crippen molar-refractivity contribution in [1.29, 1.82) is 0 Å². The predicted molar refractivity (Wildman–Crippen MR) is 74.0 cm³/mol. The van der Waals surface area contributed by atoms with Crippen molar-refractivity contribution >= 4 is 34.9 Å². The number of anilines is 2. The summed E-state index contributed by atoms with van der Waals surface area (Å²) in [4.78, 5) is 7.91. The first-order valence-electron chi connectivity index (χ1n) is 5.10. The minimum Gasteiger partial charge on any atom is -0.339 e. The van der Waals surface area contributed by atoms with Gasteiger partial charge in [-0.25, -0.2) is 9.97 Å². The molecule has 0 spiro atoms. The van der Waals surface area contributed by atoms with Crippen LogP contribution in [0.15, 0.2) is 36.8 Å². The molecular formula is C12H12ClN3S. The molecule has 5 heteroatoms. The molecule has 0 saturated carbocycles. The molecule has 0 radical (unpaired) electrons. The number of rotatable bonds is 4. The van der Waals surface area contributed by atoms with E-state index in [4.69, 9.17) is 11.6 Å². The minimum atomic E-state index is 0.515. The molecule has 0 aliphatic rings. The highest BCUT2D eigenvalue weighted by atomic mass is 35.5. The van der Waals surface area contributed by atoms with Crippen LogP contribution < -0.4 is 5.32 Å². The van der Waals surface area contributed by atoms with Crippen molar-refractivity contribution in [3.05, 3.63) is 47.4 Å². The molecule has 1 aromatic carbocycles. The molecule has 0 atom stereocenters. The van der Waals surface area contributed by atoms with Gasteiger partial charge in [0, 0.05) is 11.4 Å². The van der Waals surface area contributed by atoms with Crippen LogP contribution in [-0.4, -0.2) is 16.2 Å². The van der Waals surface area contributed by atoms with Gasteiger partial charge < -0.3 is 5.32 Å². The van der Waals surface area contributed by atoms with Crippen LogP contribution >= 0.6 is 23.4 Å². The average Bonchev–Trinajstić information content (AvgIpc) is 2.35. The fraction of sp³-hybridized carbons (Fsp3) is 0.167. The zero-order valence-corrected chi connectivity index (χ0v) is 10.9. The molecule has 2 aromatic rings. The van der Waals surface area contributed by atoms with E-state index in [1.807, 2.05) is 12.1 Å². The Hall–Kier alpha value is -1.26. The van der Waals surface area contributed by atoms with E-state index in [2.05, 4.69) is 33.7 Å². The Morgan fingerprint density at radius 3 is 2.71 bits per heavy atom. The summed E-state index contributed by atoms with van der Waals surface area (Å²) in [6, 6.07) is 8.22. The summed E-state index contributed by atoms with van der Waals surface area (Å²) in [5.41, 5.74) is 2.27. The highest BCUT2D eigenvalue weighted by Crippen LogP contribution is 2.22. The van der Waals surface area contributed by atoms with Gasteiger partial charge in [-0.15, -0.1) is 0 Å². The zero-order valence-electron chi connectivity index (χ0n) is 9.35. The molecule has 0 bridgehead atoms. The molecule has 2 rings (SSSR count). The van der Waals surface area contributed by atoms with E-state index in [1.165, 1.54) is 11.9 Å². The number of benzene rings is 1. The lowest BCUT2D eigenvalue weighted by Crippen LogP contribution is -1.95. The summed E-state index contributed by atoms with van der Waals surface area (Å²) in [7, 11) is 0. The number of aromatic nitrogens is 2. The maximum Gasteiger partial charge on any atom is 0.152 e. The van der Waals surface area contributed by atoms with Crippen molar-refractivity contribution in [2.45, 2.75) is 5.75 Å². The molecule has 1 N–H and O–H groups in total. The number of hydrogen-bond acceptors (Lipinski definition) is 4. The number of nitrogens with zero attached hydrogens (tertiary/aromatic N) is 2. The molecule has 0 amide bonds. The van der Waals surface area contributed by atoms with Crippen LogP contribution in [0.1, 0.15) is 5.56 Å². The normalized spacial score (nSPS) is 10.2. The maximum absolute atomic E-state index is 5.96. The Bertz CT molecular complexity index is 487. The summed E-state index contributed by atoms with van der Waals surface area (Å²) in [5, 5.41) is 3.67. The fourth-order valence-corrected chi connectivity index (χ4v) is 2.07. The summed E-state index contributed by atoms with van der Waals surface area (Å²) in [5.74, 6) is 1.65. The van der Waals surface area contributed by atoms with E-state index in [0.29, 0.717) is 10.8 Å². The number of thioether (sulfide) groups is 1. The molecule has 17 heavy (non-hydrogen) atoms. The van der Waals surface area contributed by atoms with Crippen LogP contribution in [0.4, 0.5) is 11.5 Å². The van der Waals surface area contributed by atoms with Gasteiger partial charge in [0.05, 0.1) is 6.20 Å². The van der Waals surface area contributed by atoms with E-state index in [9.17, 15) is 0 Å². The second-order valence-corrected chi connectivity index (χ2v) is 4.75. The monoisotopic (exact) mass is 265 g/mol. The molecule has 0 aliphatic carbocycles. The van der Waals surface area contributed by atoms with Crippen molar-refractivity contribution in [1.82, 2.24) is 9.97 Å².